The maximum Gasteiger partial charge on any atom is 0.256 e. The number of piperazine rings is 1. The zero-order valence-corrected chi connectivity index (χ0v) is 14.7. The molecule has 0 radical (unpaired) electrons. The van der Waals surface area contributed by atoms with E-state index in [9.17, 15) is 9.18 Å². The summed E-state index contributed by atoms with van der Waals surface area (Å²) >= 11 is 5.74. The molecule has 0 bridgehead atoms. The van der Waals surface area contributed by atoms with Gasteiger partial charge in [0.15, 0.2) is 0 Å². The Morgan fingerprint density at radius 2 is 2.00 bits per heavy atom. The molecule has 7 heteroatoms. The lowest BCUT2D eigenvalue weighted by molar-refractivity contribution is 0.0624. The highest BCUT2D eigenvalue weighted by Gasteiger charge is 2.24. The molecule has 1 amide bonds. The standard InChI is InChI=1S/C18H19ClFN3O2/c1-25-15-8-13(10-21-11-15)12-22-4-6-23(7-5-22)18(24)16-3-2-14(19)9-17(16)20/h2-3,8-11H,4-7,12H2,1H3. The van der Waals surface area contributed by atoms with Crippen molar-refractivity contribution in [3.63, 3.8) is 0 Å². The zero-order chi connectivity index (χ0) is 17.8. The number of amides is 1. The summed E-state index contributed by atoms with van der Waals surface area (Å²) < 4.78 is 19.1. The minimum absolute atomic E-state index is 0.0647. The van der Waals surface area contributed by atoms with Crippen LogP contribution in [0.3, 0.4) is 0 Å². The number of benzene rings is 1. The molecule has 3 rings (SSSR count). The Morgan fingerprint density at radius 1 is 1.24 bits per heavy atom. The molecule has 132 valence electrons. The summed E-state index contributed by atoms with van der Waals surface area (Å²) in [5.41, 5.74) is 1.12. The molecule has 0 atom stereocenters. The number of ether oxygens (including phenoxy) is 1. The average molecular weight is 364 g/mol. The van der Waals surface area contributed by atoms with Crippen molar-refractivity contribution >= 4 is 17.5 Å². The van der Waals surface area contributed by atoms with Gasteiger partial charge in [-0.1, -0.05) is 11.6 Å². The van der Waals surface area contributed by atoms with Crippen molar-refractivity contribution in [3.8, 4) is 5.75 Å². The summed E-state index contributed by atoms with van der Waals surface area (Å²) in [6, 6.07) is 6.09. The van der Waals surface area contributed by atoms with Crippen molar-refractivity contribution < 1.29 is 13.9 Å². The second-order valence-corrected chi connectivity index (χ2v) is 6.36. The minimum Gasteiger partial charge on any atom is -0.495 e. The Balaban J connectivity index is 1.58. The molecule has 1 saturated heterocycles. The summed E-state index contributed by atoms with van der Waals surface area (Å²) in [5, 5.41) is 0.283. The van der Waals surface area contributed by atoms with Crippen LogP contribution in [-0.2, 0) is 6.54 Å². The van der Waals surface area contributed by atoms with Crippen LogP contribution in [0.15, 0.2) is 36.7 Å². The summed E-state index contributed by atoms with van der Waals surface area (Å²) in [6.07, 6.45) is 3.48. The number of methoxy groups -OCH3 is 1. The van der Waals surface area contributed by atoms with Crippen LogP contribution >= 0.6 is 11.6 Å². The lowest BCUT2D eigenvalue weighted by Gasteiger charge is -2.34. The Hall–Kier alpha value is -2.18. The fraction of sp³-hybridized carbons (Fsp3) is 0.333. The minimum atomic E-state index is -0.581. The quantitative estimate of drug-likeness (QED) is 0.838. The monoisotopic (exact) mass is 363 g/mol. The predicted molar refractivity (Wildman–Crippen MR) is 93.4 cm³/mol. The van der Waals surface area contributed by atoms with Gasteiger partial charge in [-0.15, -0.1) is 0 Å². The highest BCUT2D eigenvalue weighted by atomic mass is 35.5. The molecule has 0 unspecified atom stereocenters. The van der Waals surface area contributed by atoms with Gasteiger partial charge in [-0.3, -0.25) is 14.7 Å². The third-order valence-corrected chi connectivity index (χ3v) is 4.47. The molecule has 0 spiro atoms. The second-order valence-electron chi connectivity index (χ2n) is 5.93. The van der Waals surface area contributed by atoms with Crippen molar-refractivity contribution in [2.45, 2.75) is 6.54 Å². The van der Waals surface area contributed by atoms with Crippen LogP contribution in [0.5, 0.6) is 5.75 Å². The summed E-state index contributed by atoms with van der Waals surface area (Å²) in [4.78, 5) is 20.5. The van der Waals surface area contributed by atoms with Crippen LogP contribution in [0.25, 0.3) is 0 Å². The van der Waals surface area contributed by atoms with Gasteiger partial charge in [0.2, 0.25) is 0 Å². The van der Waals surface area contributed by atoms with E-state index in [1.54, 1.807) is 18.2 Å². The van der Waals surface area contributed by atoms with Gasteiger partial charge in [0.1, 0.15) is 11.6 Å². The molecule has 2 aromatic rings. The summed E-state index contributed by atoms with van der Waals surface area (Å²) in [7, 11) is 1.61. The Morgan fingerprint density at radius 3 is 2.68 bits per heavy atom. The topological polar surface area (TPSA) is 45.7 Å². The number of halogens is 2. The smallest absolute Gasteiger partial charge is 0.256 e. The molecule has 25 heavy (non-hydrogen) atoms. The third-order valence-electron chi connectivity index (χ3n) is 4.23. The van der Waals surface area contributed by atoms with Gasteiger partial charge in [-0.05, 0) is 29.8 Å². The van der Waals surface area contributed by atoms with E-state index in [-0.39, 0.29) is 16.5 Å². The zero-order valence-electron chi connectivity index (χ0n) is 13.9. The second kappa shape index (κ2) is 7.80. The first-order chi connectivity index (χ1) is 12.1. The van der Waals surface area contributed by atoms with Gasteiger partial charge < -0.3 is 9.64 Å². The van der Waals surface area contributed by atoms with Crippen LogP contribution in [0, 0.1) is 5.82 Å². The van der Waals surface area contributed by atoms with Crippen LogP contribution in [0.4, 0.5) is 4.39 Å². The van der Waals surface area contributed by atoms with E-state index in [2.05, 4.69) is 9.88 Å². The average Bonchev–Trinajstić information content (AvgIpc) is 2.62. The number of hydrogen-bond donors (Lipinski definition) is 0. The largest absolute Gasteiger partial charge is 0.495 e. The molecule has 1 aliphatic rings. The van der Waals surface area contributed by atoms with E-state index >= 15 is 0 Å². The molecule has 0 N–H and O–H groups in total. The van der Waals surface area contributed by atoms with E-state index in [0.29, 0.717) is 13.1 Å². The maximum absolute atomic E-state index is 13.9. The van der Waals surface area contributed by atoms with E-state index in [1.807, 2.05) is 12.3 Å². The molecule has 1 aliphatic heterocycles. The molecular weight excluding hydrogens is 345 g/mol. The number of hydrogen-bond acceptors (Lipinski definition) is 4. The van der Waals surface area contributed by atoms with Crippen molar-refractivity contribution in [2.75, 3.05) is 33.3 Å². The molecule has 2 heterocycles. The van der Waals surface area contributed by atoms with Gasteiger partial charge >= 0.3 is 0 Å². The first-order valence-electron chi connectivity index (χ1n) is 8.01. The predicted octanol–water partition coefficient (Wildman–Crippen LogP) is 2.84. The highest BCUT2D eigenvalue weighted by Crippen LogP contribution is 2.18. The van der Waals surface area contributed by atoms with Crippen LogP contribution < -0.4 is 4.74 Å². The SMILES string of the molecule is COc1cncc(CN2CCN(C(=O)c3ccc(Cl)cc3F)CC2)c1. The lowest BCUT2D eigenvalue weighted by Crippen LogP contribution is -2.48. The molecular formula is C18H19ClFN3O2. The third kappa shape index (κ3) is 4.27. The number of nitrogens with zero attached hydrogens (tertiary/aromatic N) is 3. The summed E-state index contributed by atoms with van der Waals surface area (Å²) in [6.45, 7) is 3.29. The van der Waals surface area contributed by atoms with Gasteiger partial charge in [0.25, 0.3) is 5.91 Å². The molecule has 5 nitrogen and oxygen atoms in total. The molecule has 1 aromatic carbocycles. The first-order valence-corrected chi connectivity index (χ1v) is 8.39. The number of rotatable bonds is 4. The fourth-order valence-electron chi connectivity index (χ4n) is 2.86. The molecule has 0 saturated carbocycles. The normalized spacial score (nSPS) is 15.2. The number of carbonyl (C=O) groups is 1. The number of carbonyl (C=O) groups excluding carboxylic acids is 1. The molecule has 0 aliphatic carbocycles. The van der Waals surface area contributed by atoms with Gasteiger partial charge in [0, 0.05) is 43.9 Å². The van der Waals surface area contributed by atoms with Crippen molar-refractivity contribution in [2.24, 2.45) is 0 Å². The van der Waals surface area contributed by atoms with Gasteiger partial charge in [0.05, 0.1) is 18.9 Å². The van der Waals surface area contributed by atoms with Crippen LogP contribution in [-0.4, -0.2) is 54.0 Å². The van der Waals surface area contributed by atoms with E-state index in [4.69, 9.17) is 16.3 Å². The Kier molecular flexibility index (Phi) is 5.50. The van der Waals surface area contributed by atoms with Gasteiger partial charge in [-0.2, -0.15) is 0 Å². The van der Waals surface area contributed by atoms with Crippen molar-refractivity contribution in [3.05, 3.63) is 58.6 Å². The van der Waals surface area contributed by atoms with Crippen molar-refractivity contribution in [1.82, 2.24) is 14.8 Å². The van der Waals surface area contributed by atoms with Crippen LogP contribution in [0.2, 0.25) is 5.02 Å². The Labute approximate surface area is 151 Å². The maximum atomic E-state index is 13.9. The lowest BCUT2D eigenvalue weighted by atomic mass is 10.1. The Bertz CT molecular complexity index is 764. The molecule has 1 fully saturated rings. The van der Waals surface area contributed by atoms with E-state index in [0.717, 1.165) is 30.9 Å². The van der Waals surface area contributed by atoms with E-state index < -0.39 is 5.82 Å². The molecule has 1 aromatic heterocycles. The van der Waals surface area contributed by atoms with E-state index in [1.165, 1.54) is 18.2 Å². The number of pyridine rings is 1. The van der Waals surface area contributed by atoms with Crippen molar-refractivity contribution in [1.29, 1.82) is 0 Å². The summed E-state index contributed by atoms with van der Waals surface area (Å²) in [5.74, 6) is -0.149. The van der Waals surface area contributed by atoms with Gasteiger partial charge in [-0.25, -0.2) is 4.39 Å². The number of aromatic nitrogens is 1. The first kappa shape index (κ1) is 17.6. The highest BCUT2D eigenvalue weighted by molar-refractivity contribution is 6.30. The fourth-order valence-corrected chi connectivity index (χ4v) is 3.02. The van der Waals surface area contributed by atoms with Crippen LogP contribution in [0.1, 0.15) is 15.9 Å².